The fourth-order valence-corrected chi connectivity index (χ4v) is 3.71. The Labute approximate surface area is 155 Å². The van der Waals surface area contributed by atoms with Gasteiger partial charge in [0.25, 0.3) is 5.91 Å². The SMILES string of the molecule is O=C(NS(=O)(=O)Cc1ccccc1)c1c(F)ccc(-c2ccccc2)c1F. The van der Waals surface area contributed by atoms with E-state index in [1.165, 1.54) is 6.07 Å². The molecule has 1 N–H and O–H groups in total. The molecule has 0 atom stereocenters. The summed E-state index contributed by atoms with van der Waals surface area (Å²) >= 11 is 0. The van der Waals surface area contributed by atoms with Gasteiger partial charge in [-0.25, -0.2) is 21.9 Å². The van der Waals surface area contributed by atoms with Gasteiger partial charge in [-0.1, -0.05) is 60.7 Å². The Morgan fingerprint density at radius 1 is 0.852 bits per heavy atom. The lowest BCUT2D eigenvalue weighted by Gasteiger charge is -2.11. The van der Waals surface area contributed by atoms with E-state index in [0.29, 0.717) is 11.1 Å². The zero-order chi connectivity index (χ0) is 19.4. The summed E-state index contributed by atoms with van der Waals surface area (Å²) in [5.74, 6) is -4.09. The van der Waals surface area contributed by atoms with E-state index in [9.17, 15) is 22.0 Å². The number of halogens is 2. The van der Waals surface area contributed by atoms with Gasteiger partial charge in [0.15, 0.2) is 0 Å². The van der Waals surface area contributed by atoms with Crippen LogP contribution in [0.15, 0.2) is 72.8 Å². The molecule has 0 fully saturated rings. The van der Waals surface area contributed by atoms with Crippen molar-refractivity contribution in [1.29, 1.82) is 0 Å². The molecule has 138 valence electrons. The summed E-state index contributed by atoms with van der Waals surface area (Å²) in [6.45, 7) is 0. The maximum absolute atomic E-state index is 14.8. The van der Waals surface area contributed by atoms with Gasteiger partial charge in [0.1, 0.15) is 17.2 Å². The summed E-state index contributed by atoms with van der Waals surface area (Å²) in [4.78, 5) is 12.3. The van der Waals surface area contributed by atoms with Crippen LogP contribution >= 0.6 is 0 Å². The fraction of sp³-hybridized carbons (Fsp3) is 0.0500. The summed E-state index contributed by atoms with van der Waals surface area (Å²) < 4.78 is 55.0. The summed E-state index contributed by atoms with van der Waals surface area (Å²) in [5.41, 5.74) is -0.0523. The molecular formula is C20H15F2NO3S. The molecule has 0 saturated carbocycles. The van der Waals surface area contributed by atoms with Gasteiger partial charge in [-0.2, -0.15) is 0 Å². The molecule has 0 aliphatic carbocycles. The lowest BCUT2D eigenvalue weighted by Crippen LogP contribution is -2.33. The minimum Gasteiger partial charge on any atom is -0.268 e. The summed E-state index contributed by atoms with van der Waals surface area (Å²) in [5, 5.41) is 0. The van der Waals surface area contributed by atoms with E-state index < -0.39 is 38.9 Å². The summed E-state index contributed by atoms with van der Waals surface area (Å²) in [6, 6.07) is 18.6. The first-order valence-corrected chi connectivity index (χ1v) is 9.65. The maximum Gasteiger partial charge on any atom is 0.270 e. The molecule has 0 unspecified atom stereocenters. The molecule has 0 aromatic heterocycles. The molecule has 27 heavy (non-hydrogen) atoms. The van der Waals surface area contributed by atoms with Crippen LogP contribution in [0.5, 0.6) is 0 Å². The minimum atomic E-state index is -4.13. The molecule has 0 bridgehead atoms. The monoisotopic (exact) mass is 387 g/mol. The van der Waals surface area contributed by atoms with Gasteiger partial charge in [0.05, 0.1) is 5.75 Å². The topological polar surface area (TPSA) is 63.2 Å². The average molecular weight is 387 g/mol. The number of carbonyl (C=O) groups excluding carboxylic acids is 1. The Bertz CT molecular complexity index is 1070. The highest BCUT2D eigenvalue weighted by molar-refractivity contribution is 7.89. The molecule has 0 saturated heterocycles. The molecule has 3 aromatic carbocycles. The second-order valence-corrected chi connectivity index (χ2v) is 7.55. The van der Waals surface area contributed by atoms with Crippen LogP contribution < -0.4 is 4.72 Å². The Morgan fingerprint density at radius 2 is 1.44 bits per heavy atom. The number of amides is 1. The van der Waals surface area contributed by atoms with Crippen LogP contribution in [-0.4, -0.2) is 14.3 Å². The minimum absolute atomic E-state index is 0.00241. The normalized spacial score (nSPS) is 11.2. The van der Waals surface area contributed by atoms with Crippen molar-refractivity contribution in [2.45, 2.75) is 5.75 Å². The smallest absolute Gasteiger partial charge is 0.268 e. The Morgan fingerprint density at radius 3 is 2.07 bits per heavy atom. The van der Waals surface area contributed by atoms with Gasteiger partial charge < -0.3 is 0 Å². The third-order valence-corrected chi connectivity index (χ3v) is 5.06. The first-order valence-electron chi connectivity index (χ1n) is 7.99. The van der Waals surface area contributed by atoms with Crippen LogP contribution in [0.1, 0.15) is 15.9 Å². The third-order valence-electron chi connectivity index (χ3n) is 3.85. The van der Waals surface area contributed by atoms with E-state index in [2.05, 4.69) is 0 Å². The van der Waals surface area contributed by atoms with Crippen molar-refractivity contribution in [3.63, 3.8) is 0 Å². The highest BCUT2D eigenvalue weighted by Crippen LogP contribution is 2.26. The van der Waals surface area contributed by atoms with Gasteiger partial charge in [0, 0.05) is 5.56 Å². The summed E-state index contributed by atoms with van der Waals surface area (Å²) in [6.07, 6.45) is 0. The van der Waals surface area contributed by atoms with E-state index in [-0.39, 0.29) is 5.56 Å². The van der Waals surface area contributed by atoms with Crippen molar-refractivity contribution in [1.82, 2.24) is 4.72 Å². The van der Waals surface area contributed by atoms with E-state index in [1.54, 1.807) is 65.4 Å². The Kier molecular flexibility index (Phi) is 5.32. The largest absolute Gasteiger partial charge is 0.270 e. The van der Waals surface area contributed by atoms with Crippen LogP contribution in [0, 0.1) is 11.6 Å². The van der Waals surface area contributed by atoms with Crippen LogP contribution in [-0.2, 0) is 15.8 Å². The maximum atomic E-state index is 14.8. The van der Waals surface area contributed by atoms with Crippen LogP contribution in [0.25, 0.3) is 11.1 Å². The number of hydrogen-bond acceptors (Lipinski definition) is 3. The van der Waals surface area contributed by atoms with Crippen LogP contribution in [0.4, 0.5) is 8.78 Å². The second kappa shape index (κ2) is 7.67. The van der Waals surface area contributed by atoms with Crippen molar-refractivity contribution in [2.24, 2.45) is 0 Å². The highest BCUT2D eigenvalue weighted by atomic mass is 32.2. The van der Waals surface area contributed by atoms with E-state index in [4.69, 9.17) is 0 Å². The lowest BCUT2D eigenvalue weighted by molar-refractivity contribution is 0.0973. The Balaban J connectivity index is 1.91. The first-order chi connectivity index (χ1) is 12.9. The fourth-order valence-electron chi connectivity index (χ4n) is 2.62. The van der Waals surface area contributed by atoms with Crippen molar-refractivity contribution in [3.05, 3.63) is 95.6 Å². The molecule has 7 heteroatoms. The number of carbonyl (C=O) groups is 1. The molecule has 0 aliphatic heterocycles. The van der Waals surface area contributed by atoms with Crippen molar-refractivity contribution >= 4 is 15.9 Å². The van der Waals surface area contributed by atoms with Crippen molar-refractivity contribution in [2.75, 3.05) is 0 Å². The molecule has 3 rings (SSSR count). The van der Waals surface area contributed by atoms with E-state index in [1.807, 2.05) is 0 Å². The molecule has 1 amide bonds. The molecule has 0 aliphatic rings. The number of rotatable bonds is 5. The molecular weight excluding hydrogens is 372 g/mol. The summed E-state index contributed by atoms with van der Waals surface area (Å²) in [7, 11) is -4.13. The van der Waals surface area contributed by atoms with E-state index >= 15 is 0 Å². The van der Waals surface area contributed by atoms with Crippen molar-refractivity contribution < 1.29 is 22.0 Å². The number of nitrogens with one attached hydrogen (secondary N) is 1. The Hall–Kier alpha value is -3.06. The molecule has 3 aromatic rings. The third kappa shape index (κ3) is 4.38. The zero-order valence-corrected chi connectivity index (χ0v) is 14.8. The predicted molar refractivity (Wildman–Crippen MR) is 98.3 cm³/mol. The first kappa shape index (κ1) is 18.7. The molecule has 0 heterocycles. The number of hydrogen-bond donors (Lipinski definition) is 1. The lowest BCUT2D eigenvalue weighted by atomic mass is 10.0. The van der Waals surface area contributed by atoms with Crippen LogP contribution in [0.2, 0.25) is 0 Å². The van der Waals surface area contributed by atoms with Gasteiger partial charge in [-0.05, 0) is 23.3 Å². The predicted octanol–water partition coefficient (Wildman–Crippen LogP) is 3.89. The van der Waals surface area contributed by atoms with Crippen LogP contribution in [0.3, 0.4) is 0 Å². The quantitative estimate of drug-likeness (QED) is 0.722. The molecule has 0 spiro atoms. The zero-order valence-electron chi connectivity index (χ0n) is 14.0. The van der Waals surface area contributed by atoms with Gasteiger partial charge in [-0.3, -0.25) is 4.79 Å². The highest BCUT2D eigenvalue weighted by Gasteiger charge is 2.25. The standard InChI is InChI=1S/C20H15F2NO3S/c21-17-12-11-16(15-9-5-2-6-10-15)19(22)18(17)20(24)23-27(25,26)13-14-7-3-1-4-8-14/h1-12H,13H2,(H,23,24). The number of benzene rings is 3. The van der Waals surface area contributed by atoms with Gasteiger partial charge in [0.2, 0.25) is 10.0 Å². The average Bonchev–Trinajstić information content (AvgIpc) is 2.62. The molecule has 4 nitrogen and oxygen atoms in total. The number of sulfonamides is 1. The van der Waals surface area contributed by atoms with Crippen molar-refractivity contribution in [3.8, 4) is 11.1 Å². The molecule has 0 radical (unpaired) electrons. The van der Waals surface area contributed by atoms with E-state index in [0.717, 1.165) is 6.07 Å². The second-order valence-electron chi connectivity index (χ2n) is 5.83. The van der Waals surface area contributed by atoms with Gasteiger partial charge >= 0.3 is 0 Å². The van der Waals surface area contributed by atoms with Gasteiger partial charge in [-0.15, -0.1) is 0 Å².